The maximum atomic E-state index is 13.6. The molecule has 0 aliphatic carbocycles. The van der Waals surface area contributed by atoms with E-state index in [1.165, 1.54) is 18.2 Å². The van der Waals surface area contributed by atoms with Crippen LogP contribution < -0.4 is 10.2 Å². The van der Waals surface area contributed by atoms with Crippen molar-refractivity contribution < 1.29 is 14.0 Å². The lowest BCUT2D eigenvalue weighted by atomic mass is 10.2. The van der Waals surface area contributed by atoms with Gasteiger partial charge in [-0.15, -0.1) is 0 Å². The molecule has 7 heteroatoms. The predicted molar refractivity (Wildman–Crippen MR) is 90.8 cm³/mol. The lowest BCUT2D eigenvalue weighted by molar-refractivity contribution is -0.117. The van der Waals surface area contributed by atoms with Gasteiger partial charge in [-0.3, -0.25) is 14.5 Å². The van der Waals surface area contributed by atoms with Crippen molar-refractivity contribution in [3.63, 3.8) is 0 Å². The van der Waals surface area contributed by atoms with Crippen LogP contribution in [0.3, 0.4) is 0 Å². The van der Waals surface area contributed by atoms with E-state index in [0.29, 0.717) is 19.0 Å². The van der Waals surface area contributed by atoms with Crippen LogP contribution in [0, 0.1) is 5.82 Å². The number of halogens is 1. The number of nitrogens with one attached hydrogen (secondary N) is 1. The summed E-state index contributed by atoms with van der Waals surface area (Å²) in [5.74, 6) is -0.931. The summed E-state index contributed by atoms with van der Waals surface area (Å²) < 4.78 is 15.6. The van der Waals surface area contributed by atoms with Gasteiger partial charge in [0.05, 0.1) is 23.1 Å². The molecule has 0 spiro atoms. The van der Waals surface area contributed by atoms with Crippen molar-refractivity contribution in [1.29, 1.82) is 0 Å². The summed E-state index contributed by atoms with van der Waals surface area (Å²) in [5, 5.41) is 2.47. The Balaban J connectivity index is 1.48. The Hall–Kier alpha value is -3.22. The molecule has 0 fully saturated rings. The minimum Gasteiger partial charge on any atom is -0.343 e. The maximum Gasteiger partial charge on any atom is 0.254 e. The molecule has 126 valence electrons. The van der Waals surface area contributed by atoms with E-state index in [4.69, 9.17) is 0 Å². The third-order valence-electron chi connectivity index (χ3n) is 4.24. The molecule has 4 rings (SSSR count). The zero-order chi connectivity index (χ0) is 17.4. The molecule has 0 unspecified atom stereocenters. The molecule has 0 saturated carbocycles. The number of nitrogens with zero attached hydrogens (tertiary/aromatic N) is 3. The lowest BCUT2D eigenvalue weighted by Crippen LogP contribution is -2.39. The minimum absolute atomic E-state index is 0.0797. The largest absolute Gasteiger partial charge is 0.343 e. The van der Waals surface area contributed by atoms with Crippen molar-refractivity contribution >= 4 is 28.8 Å². The Kier molecular flexibility index (Phi) is 3.68. The number of carbonyl (C=O) groups excluding carboxylic acids is 2. The summed E-state index contributed by atoms with van der Waals surface area (Å²) in [7, 11) is 0. The highest BCUT2D eigenvalue weighted by atomic mass is 19.1. The van der Waals surface area contributed by atoms with Crippen molar-refractivity contribution in [2.24, 2.45) is 0 Å². The first kappa shape index (κ1) is 15.3. The standard InChI is InChI=1S/C18H15FN4O2/c19-13-6-2-1-5-12(13)17(25)20-11-16(24)23-10-9-22-15-8-4-3-7-14(15)21-18(22)23/h1-8H,9-11H2,(H,20,25). The van der Waals surface area contributed by atoms with Gasteiger partial charge in [-0.2, -0.15) is 0 Å². The van der Waals surface area contributed by atoms with Gasteiger partial charge in [0.25, 0.3) is 5.91 Å². The Bertz CT molecular complexity index is 982. The summed E-state index contributed by atoms with van der Waals surface area (Å²) in [6.07, 6.45) is 0. The third-order valence-corrected chi connectivity index (χ3v) is 4.24. The summed E-state index contributed by atoms with van der Waals surface area (Å²) >= 11 is 0. The van der Waals surface area contributed by atoms with Gasteiger partial charge in [-0.05, 0) is 24.3 Å². The highest BCUT2D eigenvalue weighted by molar-refractivity contribution is 6.01. The SMILES string of the molecule is O=C(NCC(=O)N1CCn2c1nc1ccccc12)c1ccccc1F. The number of amides is 2. The summed E-state index contributed by atoms with van der Waals surface area (Å²) in [6, 6.07) is 13.3. The highest BCUT2D eigenvalue weighted by Gasteiger charge is 2.28. The smallest absolute Gasteiger partial charge is 0.254 e. The molecule has 0 bridgehead atoms. The summed E-state index contributed by atoms with van der Waals surface area (Å²) in [5.41, 5.74) is 1.72. The molecule has 2 aromatic carbocycles. The van der Waals surface area contributed by atoms with E-state index >= 15 is 0 Å². The van der Waals surface area contributed by atoms with Crippen molar-refractivity contribution in [2.75, 3.05) is 18.0 Å². The fourth-order valence-electron chi connectivity index (χ4n) is 3.02. The van der Waals surface area contributed by atoms with E-state index in [-0.39, 0.29) is 18.0 Å². The van der Waals surface area contributed by atoms with Gasteiger partial charge in [-0.25, -0.2) is 9.37 Å². The molecule has 0 radical (unpaired) electrons. The van der Waals surface area contributed by atoms with E-state index in [0.717, 1.165) is 11.0 Å². The molecule has 0 atom stereocenters. The fraction of sp³-hybridized carbons (Fsp3) is 0.167. The average Bonchev–Trinajstić information content (AvgIpc) is 3.19. The number of hydrogen-bond donors (Lipinski definition) is 1. The number of anilines is 1. The van der Waals surface area contributed by atoms with Gasteiger partial charge in [-0.1, -0.05) is 24.3 Å². The second-order valence-electron chi connectivity index (χ2n) is 5.76. The molecular formula is C18H15FN4O2. The monoisotopic (exact) mass is 338 g/mol. The normalized spacial score (nSPS) is 13.1. The Morgan fingerprint density at radius 1 is 1.08 bits per heavy atom. The van der Waals surface area contributed by atoms with Crippen LogP contribution in [-0.4, -0.2) is 34.5 Å². The first-order valence-corrected chi connectivity index (χ1v) is 7.93. The van der Waals surface area contributed by atoms with Gasteiger partial charge in [0.1, 0.15) is 5.82 Å². The van der Waals surface area contributed by atoms with Crippen LogP contribution in [0.2, 0.25) is 0 Å². The van der Waals surface area contributed by atoms with E-state index in [1.54, 1.807) is 11.0 Å². The van der Waals surface area contributed by atoms with Gasteiger partial charge < -0.3 is 9.88 Å². The number of rotatable bonds is 3. The number of para-hydroxylation sites is 2. The molecule has 2 heterocycles. The molecule has 25 heavy (non-hydrogen) atoms. The Morgan fingerprint density at radius 3 is 2.68 bits per heavy atom. The van der Waals surface area contributed by atoms with Crippen LogP contribution >= 0.6 is 0 Å². The number of benzene rings is 2. The maximum absolute atomic E-state index is 13.6. The van der Waals surface area contributed by atoms with Crippen LogP contribution in [0.15, 0.2) is 48.5 Å². The van der Waals surface area contributed by atoms with E-state index in [2.05, 4.69) is 10.3 Å². The van der Waals surface area contributed by atoms with Crippen molar-refractivity contribution in [3.8, 4) is 0 Å². The molecule has 2 amide bonds. The first-order chi connectivity index (χ1) is 12.1. The van der Waals surface area contributed by atoms with E-state index in [1.807, 2.05) is 28.8 Å². The van der Waals surface area contributed by atoms with Gasteiger partial charge in [0.2, 0.25) is 11.9 Å². The van der Waals surface area contributed by atoms with Crippen LogP contribution in [0.1, 0.15) is 10.4 Å². The van der Waals surface area contributed by atoms with Crippen LogP contribution in [0.4, 0.5) is 10.3 Å². The van der Waals surface area contributed by atoms with Crippen molar-refractivity contribution in [1.82, 2.24) is 14.9 Å². The third kappa shape index (κ3) is 2.63. The summed E-state index contributed by atoms with van der Waals surface area (Å²) in [6.45, 7) is 0.945. The topological polar surface area (TPSA) is 67.2 Å². The number of fused-ring (bicyclic) bond motifs is 3. The van der Waals surface area contributed by atoms with Crippen LogP contribution in [0.25, 0.3) is 11.0 Å². The molecule has 0 saturated heterocycles. The average molecular weight is 338 g/mol. The van der Waals surface area contributed by atoms with E-state index < -0.39 is 11.7 Å². The molecule has 1 aliphatic rings. The number of imidazole rings is 1. The predicted octanol–water partition coefficient (Wildman–Crippen LogP) is 1.95. The Morgan fingerprint density at radius 2 is 1.84 bits per heavy atom. The van der Waals surface area contributed by atoms with Gasteiger partial charge >= 0.3 is 0 Å². The number of carbonyl (C=O) groups is 2. The van der Waals surface area contributed by atoms with Gasteiger partial charge in [0, 0.05) is 13.1 Å². The summed E-state index contributed by atoms with van der Waals surface area (Å²) in [4.78, 5) is 30.5. The highest BCUT2D eigenvalue weighted by Crippen LogP contribution is 2.26. The van der Waals surface area contributed by atoms with Crippen LogP contribution in [-0.2, 0) is 11.3 Å². The number of hydrogen-bond acceptors (Lipinski definition) is 3. The molecule has 1 aromatic heterocycles. The lowest BCUT2D eigenvalue weighted by Gasteiger charge is -2.14. The van der Waals surface area contributed by atoms with Crippen molar-refractivity contribution in [3.05, 3.63) is 59.9 Å². The zero-order valence-corrected chi connectivity index (χ0v) is 13.3. The minimum atomic E-state index is -0.615. The molecule has 3 aromatic rings. The Labute approximate surface area is 142 Å². The molecule has 1 N–H and O–H groups in total. The molecule has 1 aliphatic heterocycles. The molecule has 6 nitrogen and oxygen atoms in total. The fourth-order valence-corrected chi connectivity index (χ4v) is 3.02. The molecular weight excluding hydrogens is 323 g/mol. The number of aromatic nitrogens is 2. The first-order valence-electron chi connectivity index (χ1n) is 7.93. The van der Waals surface area contributed by atoms with Gasteiger partial charge in [0.15, 0.2) is 0 Å². The second-order valence-corrected chi connectivity index (χ2v) is 5.76. The zero-order valence-electron chi connectivity index (χ0n) is 13.3. The van der Waals surface area contributed by atoms with Crippen LogP contribution in [0.5, 0.6) is 0 Å². The quantitative estimate of drug-likeness (QED) is 0.794. The van der Waals surface area contributed by atoms with Crippen molar-refractivity contribution in [2.45, 2.75) is 6.54 Å². The van der Waals surface area contributed by atoms with E-state index in [9.17, 15) is 14.0 Å². The second kappa shape index (κ2) is 6.01.